The molecule has 2 aromatic rings. The molecule has 1 aliphatic rings. The Morgan fingerprint density at radius 2 is 2.00 bits per heavy atom. The Morgan fingerprint density at radius 3 is 2.62 bits per heavy atom. The minimum atomic E-state index is -0.194. The number of urea groups is 1. The summed E-state index contributed by atoms with van der Waals surface area (Å²) in [7, 11) is 0. The molecule has 0 radical (unpaired) electrons. The molecule has 3 heterocycles. The predicted octanol–water partition coefficient (Wildman–Crippen LogP) is 3.47. The smallest absolute Gasteiger partial charge is 0.317 e. The molecule has 1 N–H and O–H groups in total. The number of aryl methyl sites for hydroxylation is 1. The zero-order chi connectivity index (χ0) is 18.7. The molecule has 1 aliphatic heterocycles. The topological polar surface area (TPSA) is 63.1 Å². The van der Waals surface area contributed by atoms with Crippen LogP contribution in [0, 0.1) is 12.8 Å². The Hall–Kier alpha value is -2.37. The molecule has 0 bridgehead atoms. The Labute approximate surface area is 155 Å². The zero-order valence-corrected chi connectivity index (χ0v) is 16.2. The molecule has 0 aliphatic carbocycles. The Kier molecular flexibility index (Phi) is 5.30. The van der Waals surface area contributed by atoms with E-state index in [0.29, 0.717) is 5.92 Å². The summed E-state index contributed by atoms with van der Waals surface area (Å²) in [6.07, 6.45) is 7.59. The zero-order valence-electron chi connectivity index (χ0n) is 16.2. The minimum absolute atomic E-state index is 0.0470. The minimum Gasteiger partial charge on any atom is -0.333 e. The van der Waals surface area contributed by atoms with E-state index in [1.54, 1.807) is 6.20 Å². The van der Waals surface area contributed by atoms with Crippen molar-refractivity contribution in [2.24, 2.45) is 5.92 Å². The lowest BCUT2D eigenvalue weighted by atomic mass is 9.96. The number of likely N-dealkylation sites (tertiary alicyclic amines) is 1. The third-order valence-corrected chi connectivity index (χ3v) is 4.80. The summed E-state index contributed by atoms with van der Waals surface area (Å²) in [4.78, 5) is 23.1. The highest BCUT2D eigenvalue weighted by molar-refractivity contribution is 5.75. The number of piperidine rings is 1. The number of carbonyl (C=O) groups excluding carboxylic acids is 1. The molecule has 1 saturated heterocycles. The van der Waals surface area contributed by atoms with Crippen LogP contribution < -0.4 is 5.32 Å². The van der Waals surface area contributed by atoms with Crippen molar-refractivity contribution in [2.75, 3.05) is 13.1 Å². The van der Waals surface area contributed by atoms with Crippen LogP contribution >= 0.6 is 0 Å². The molecule has 0 atom stereocenters. The van der Waals surface area contributed by atoms with Gasteiger partial charge in [-0.2, -0.15) is 0 Å². The Balaban J connectivity index is 1.62. The number of hydrogen-bond acceptors (Lipinski definition) is 3. The molecule has 0 unspecified atom stereocenters. The molecule has 2 aromatic heterocycles. The van der Waals surface area contributed by atoms with E-state index in [1.807, 2.05) is 50.2 Å². The van der Waals surface area contributed by atoms with Crippen molar-refractivity contribution in [3.63, 3.8) is 0 Å². The number of pyridine rings is 1. The largest absolute Gasteiger partial charge is 0.333 e. The van der Waals surface area contributed by atoms with Crippen LogP contribution in [0.4, 0.5) is 4.79 Å². The number of hydrogen-bond donors (Lipinski definition) is 1. The molecule has 6 nitrogen and oxygen atoms in total. The number of nitrogens with one attached hydrogen (secondary N) is 1. The van der Waals surface area contributed by atoms with Crippen LogP contribution in [0.3, 0.4) is 0 Å². The van der Waals surface area contributed by atoms with Gasteiger partial charge in [0.2, 0.25) is 0 Å². The first kappa shape index (κ1) is 18.4. The van der Waals surface area contributed by atoms with Crippen molar-refractivity contribution < 1.29 is 4.79 Å². The van der Waals surface area contributed by atoms with Crippen molar-refractivity contribution in [1.29, 1.82) is 0 Å². The van der Waals surface area contributed by atoms with Crippen molar-refractivity contribution in [3.8, 4) is 11.4 Å². The van der Waals surface area contributed by atoms with Gasteiger partial charge < -0.3 is 14.8 Å². The first-order chi connectivity index (χ1) is 12.3. The molecule has 0 aromatic carbocycles. The fourth-order valence-electron chi connectivity index (χ4n) is 3.39. The van der Waals surface area contributed by atoms with Gasteiger partial charge in [0, 0.05) is 55.0 Å². The Morgan fingerprint density at radius 1 is 1.27 bits per heavy atom. The summed E-state index contributed by atoms with van der Waals surface area (Å²) in [6.45, 7) is 10.7. The van der Waals surface area contributed by atoms with Gasteiger partial charge in [-0.05, 0) is 58.6 Å². The first-order valence-electron chi connectivity index (χ1n) is 9.33. The lowest BCUT2D eigenvalue weighted by Crippen LogP contribution is -2.50. The summed E-state index contributed by atoms with van der Waals surface area (Å²) < 4.78 is 2.28. The maximum absolute atomic E-state index is 12.3. The third-order valence-electron chi connectivity index (χ3n) is 4.80. The highest BCUT2D eigenvalue weighted by atomic mass is 16.2. The summed E-state index contributed by atoms with van der Waals surface area (Å²) in [6, 6.07) is 4.03. The van der Waals surface area contributed by atoms with Crippen molar-refractivity contribution >= 4 is 6.03 Å². The lowest BCUT2D eigenvalue weighted by Gasteiger charge is -2.34. The van der Waals surface area contributed by atoms with Gasteiger partial charge in [-0.25, -0.2) is 9.78 Å². The van der Waals surface area contributed by atoms with E-state index >= 15 is 0 Å². The summed E-state index contributed by atoms with van der Waals surface area (Å²) in [5, 5.41) is 3.05. The van der Waals surface area contributed by atoms with E-state index in [-0.39, 0.29) is 11.6 Å². The van der Waals surface area contributed by atoms with E-state index in [2.05, 4.69) is 26.8 Å². The van der Waals surface area contributed by atoms with Crippen molar-refractivity contribution in [3.05, 3.63) is 36.4 Å². The number of amides is 2. The first-order valence-corrected chi connectivity index (χ1v) is 9.33. The summed E-state index contributed by atoms with van der Waals surface area (Å²) in [5.74, 6) is 1.53. The monoisotopic (exact) mass is 355 g/mol. The van der Waals surface area contributed by atoms with E-state index in [0.717, 1.165) is 49.6 Å². The van der Waals surface area contributed by atoms with Gasteiger partial charge in [0.1, 0.15) is 5.82 Å². The van der Waals surface area contributed by atoms with Crippen LogP contribution in [0.5, 0.6) is 0 Å². The van der Waals surface area contributed by atoms with Gasteiger partial charge in [0.05, 0.1) is 0 Å². The molecule has 3 rings (SSSR count). The second-order valence-electron chi connectivity index (χ2n) is 8.19. The predicted molar refractivity (Wildman–Crippen MR) is 103 cm³/mol. The maximum atomic E-state index is 12.3. The molecule has 0 saturated carbocycles. The molecule has 140 valence electrons. The molecular formula is C20H29N5O. The molecule has 2 amide bonds. The fourth-order valence-corrected chi connectivity index (χ4v) is 3.39. The van der Waals surface area contributed by atoms with Gasteiger partial charge in [-0.15, -0.1) is 0 Å². The maximum Gasteiger partial charge on any atom is 0.317 e. The average Bonchev–Trinajstić information content (AvgIpc) is 2.95. The highest BCUT2D eigenvalue weighted by Crippen LogP contribution is 2.24. The Bertz CT molecular complexity index is 739. The standard InChI is InChI=1S/C20H29N5O/c1-15-12-22-18(17-6-5-9-21-13-17)25(15)14-16-7-10-24(11-8-16)19(26)23-20(2,3)4/h5-6,9,12-13,16H,7-8,10-11,14H2,1-4H3,(H,23,26). The van der Waals surface area contributed by atoms with E-state index in [1.165, 1.54) is 0 Å². The summed E-state index contributed by atoms with van der Waals surface area (Å²) in [5.41, 5.74) is 2.01. The number of imidazole rings is 1. The van der Waals surface area contributed by atoms with Crippen LogP contribution in [0.15, 0.2) is 30.7 Å². The molecular weight excluding hydrogens is 326 g/mol. The van der Waals surface area contributed by atoms with Gasteiger partial charge in [-0.3, -0.25) is 4.98 Å². The number of aromatic nitrogens is 3. The second-order valence-corrected chi connectivity index (χ2v) is 8.19. The average molecular weight is 355 g/mol. The summed E-state index contributed by atoms with van der Waals surface area (Å²) >= 11 is 0. The quantitative estimate of drug-likeness (QED) is 0.917. The van der Waals surface area contributed by atoms with E-state index in [9.17, 15) is 4.79 Å². The van der Waals surface area contributed by atoms with Crippen LogP contribution in [-0.2, 0) is 6.54 Å². The number of carbonyl (C=O) groups is 1. The molecule has 0 spiro atoms. The van der Waals surface area contributed by atoms with Crippen molar-refractivity contribution in [2.45, 2.75) is 52.6 Å². The van der Waals surface area contributed by atoms with Crippen molar-refractivity contribution in [1.82, 2.24) is 24.8 Å². The lowest BCUT2D eigenvalue weighted by molar-refractivity contribution is 0.158. The molecule has 6 heteroatoms. The highest BCUT2D eigenvalue weighted by Gasteiger charge is 2.26. The molecule has 26 heavy (non-hydrogen) atoms. The van der Waals surface area contributed by atoms with Gasteiger partial charge in [0.15, 0.2) is 0 Å². The van der Waals surface area contributed by atoms with Crippen LogP contribution in [0.1, 0.15) is 39.3 Å². The van der Waals surface area contributed by atoms with Crippen LogP contribution in [0.2, 0.25) is 0 Å². The molecule has 1 fully saturated rings. The fraction of sp³-hybridized carbons (Fsp3) is 0.550. The normalized spacial score (nSPS) is 15.9. The van der Waals surface area contributed by atoms with Gasteiger partial charge in [0.25, 0.3) is 0 Å². The van der Waals surface area contributed by atoms with Crippen LogP contribution in [0.25, 0.3) is 11.4 Å². The van der Waals surface area contributed by atoms with Gasteiger partial charge >= 0.3 is 6.03 Å². The van der Waals surface area contributed by atoms with E-state index < -0.39 is 0 Å². The third kappa shape index (κ3) is 4.42. The number of nitrogens with zero attached hydrogens (tertiary/aromatic N) is 4. The van der Waals surface area contributed by atoms with Crippen LogP contribution in [-0.4, -0.2) is 44.1 Å². The van der Waals surface area contributed by atoms with E-state index in [4.69, 9.17) is 0 Å². The second kappa shape index (κ2) is 7.48. The van der Waals surface area contributed by atoms with Gasteiger partial charge in [-0.1, -0.05) is 0 Å². The number of rotatable bonds is 3. The SMILES string of the molecule is Cc1cnc(-c2cccnc2)n1CC1CCN(C(=O)NC(C)(C)C)CC1.